The van der Waals surface area contributed by atoms with Crippen molar-refractivity contribution in [1.29, 1.82) is 10.7 Å². The molecule has 1 amide bonds. The summed E-state index contributed by atoms with van der Waals surface area (Å²) in [5, 5.41) is 19.4. The molecule has 0 saturated carbocycles. The summed E-state index contributed by atoms with van der Waals surface area (Å²) in [5.41, 5.74) is 9.85. The van der Waals surface area contributed by atoms with Gasteiger partial charge in [0.1, 0.15) is 11.5 Å². The molecule has 2 unspecified atom stereocenters. The maximum atomic E-state index is 12.5. The number of nitrogens with zero attached hydrogens (tertiary/aromatic N) is 2. The molecule has 3 rings (SSSR count). The zero-order valence-electron chi connectivity index (χ0n) is 18.3. The lowest BCUT2D eigenvalue weighted by Gasteiger charge is -2.16. The van der Waals surface area contributed by atoms with Gasteiger partial charge in [0.05, 0.1) is 12.0 Å². The summed E-state index contributed by atoms with van der Waals surface area (Å²) in [6.07, 6.45) is 7.65. The van der Waals surface area contributed by atoms with Crippen LogP contribution in [0.4, 0.5) is 0 Å². The van der Waals surface area contributed by atoms with Crippen molar-refractivity contribution in [1.82, 2.24) is 5.32 Å². The van der Waals surface area contributed by atoms with Gasteiger partial charge in [-0.15, -0.1) is 0 Å². The smallest absolute Gasteiger partial charge is 0.269 e. The molecule has 4 N–H and O–H groups in total. The Labute approximate surface area is 189 Å². The van der Waals surface area contributed by atoms with E-state index in [9.17, 15) is 4.79 Å². The van der Waals surface area contributed by atoms with Crippen LogP contribution in [0.25, 0.3) is 0 Å². The Morgan fingerprint density at radius 3 is 2.56 bits per heavy atom. The fourth-order valence-electron chi connectivity index (χ4n) is 3.65. The molecule has 6 nitrogen and oxygen atoms in total. The fourth-order valence-corrected chi connectivity index (χ4v) is 3.65. The maximum Gasteiger partial charge on any atom is 0.269 e. The number of aryl methyl sites for hydroxylation is 1. The first kappa shape index (κ1) is 23.0. The number of nitrogens with one attached hydrogen (secondary N) is 2. The van der Waals surface area contributed by atoms with Gasteiger partial charge >= 0.3 is 0 Å². The summed E-state index contributed by atoms with van der Waals surface area (Å²) in [5.74, 6) is 0.0731. The van der Waals surface area contributed by atoms with Crippen LogP contribution in [-0.2, 0) is 17.8 Å². The van der Waals surface area contributed by atoms with E-state index in [1.165, 1.54) is 5.56 Å². The van der Waals surface area contributed by atoms with E-state index in [1.54, 1.807) is 12.1 Å². The Morgan fingerprint density at radius 1 is 1.22 bits per heavy atom. The number of allylic oxidation sites excluding steroid dienone is 1. The van der Waals surface area contributed by atoms with Gasteiger partial charge in [-0.05, 0) is 61.3 Å². The molecule has 0 aromatic heterocycles. The van der Waals surface area contributed by atoms with Crippen molar-refractivity contribution in [3.05, 3.63) is 82.6 Å². The van der Waals surface area contributed by atoms with Crippen LogP contribution in [0.1, 0.15) is 54.4 Å². The number of amidine groups is 1. The van der Waals surface area contributed by atoms with E-state index in [0.29, 0.717) is 23.7 Å². The second kappa shape index (κ2) is 11.1. The van der Waals surface area contributed by atoms with E-state index >= 15 is 0 Å². The number of nitrogen functional groups attached to an aromatic ring is 1. The minimum Gasteiger partial charge on any atom is -0.384 e. The van der Waals surface area contributed by atoms with Gasteiger partial charge in [0.25, 0.3) is 5.91 Å². The molecular weight excluding hydrogens is 398 g/mol. The van der Waals surface area contributed by atoms with E-state index in [-0.39, 0.29) is 17.7 Å². The Kier molecular flexibility index (Phi) is 7.93. The third kappa shape index (κ3) is 6.39. The molecule has 32 heavy (non-hydrogen) atoms. The maximum absolute atomic E-state index is 12.5. The number of hydrogen-bond acceptors (Lipinski definition) is 4. The molecular formula is C26H29N5O. The fraction of sp³-hybridized carbons (Fsp3) is 0.308. The number of aliphatic imine (C=N–C) groups is 1. The minimum atomic E-state index is -0.177. The van der Waals surface area contributed by atoms with Crippen molar-refractivity contribution in [3.63, 3.8) is 0 Å². The second-order valence-corrected chi connectivity index (χ2v) is 8.14. The predicted molar refractivity (Wildman–Crippen MR) is 127 cm³/mol. The highest BCUT2D eigenvalue weighted by molar-refractivity contribution is 5.95. The number of carbonyl (C=O) groups is 1. The Morgan fingerprint density at radius 2 is 1.91 bits per heavy atom. The molecule has 2 atom stereocenters. The second-order valence-electron chi connectivity index (χ2n) is 8.14. The highest BCUT2D eigenvalue weighted by Crippen LogP contribution is 2.21. The van der Waals surface area contributed by atoms with Gasteiger partial charge in [0.15, 0.2) is 0 Å². The topological polar surface area (TPSA) is 115 Å². The third-order valence-electron chi connectivity index (χ3n) is 5.70. The Balaban J connectivity index is 1.47. The highest BCUT2D eigenvalue weighted by atomic mass is 16.2. The van der Waals surface area contributed by atoms with Crippen LogP contribution in [0.2, 0.25) is 0 Å². The molecule has 0 saturated heterocycles. The third-order valence-corrected chi connectivity index (χ3v) is 5.70. The molecule has 6 heteroatoms. The molecule has 0 bridgehead atoms. The van der Waals surface area contributed by atoms with Crippen LogP contribution in [0, 0.1) is 22.7 Å². The predicted octanol–water partition coefficient (Wildman–Crippen LogP) is 4.21. The van der Waals surface area contributed by atoms with E-state index in [2.05, 4.69) is 28.5 Å². The van der Waals surface area contributed by atoms with Gasteiger partial charge in [-0.1, -0.05) is 48.5 Å². The first-order valence-corrected chi connectivity index (χ1v) is 10.9. The summed E-state index contributed by atoms with van der Waals surface area (Å²) < 4.78 is 0. The molecule has 0 spiro atoms. The normalized spacial score (nSPS) is 16.0. The van der Waals surface area contributed by atoms with E-state index in [4.69, 9.17) is 16.4 Å². The van der Waals surface area contributed by atoms with E-state index in [0.717, 1.165) is 36.8 Å². The van der Waals surface area contributed by atoms with Crippen LogP contribution >= 0.6 is 0 Å². The molecule has 1 aliphatic heterocycles. The lowest BCUT2D eigenvalue weighted by molar-refractivity contribution is -0.117. The number of amides is 1. The summed E-state index contributed by atoms with van der Waals surface area (Å²) >= 11 is 0. The van der Waals surface area contributed by atoms with Crippen molar-refractivity contribution in [2.45, 2.75) is 45.1 Å². The van der Waals surface area contributed by atoms with Gasteiger partial charge in [0, 0.05) is 18.3 Å². The zero-order chi connectivity index (χ0) is 22.9. The Hall–Kier alpha value is -3.72. The van der Waals surface area contributed by atoms with Crippen LogP contribution in [0.3, 0.4) is 0 Å². The van der Waals surface area contributed by atoms with Gasteiger partial charge in [-0.25, -0.2) is 0 Å². The van der Waals surface area contributed by atoms with Gasteiger partial charge < -0.3 is 11.1 Å². The summed E-state index contributed by atoms with van der Waals surface area (Å²) in [6, 6.07) is 17.8. The lowest BCUT2D eigenvalue weighted by Crippen LogP contribution is -2.25. The molecule has 164 valence electrons. The standard InChI is InChI=1S/C26H29N5O/c1-18(16-27)22-9-5-19(6-10-22)3-2-4-20-13-14-30-24(15-20)26(32)31-17-21-7-11-23(12-8-21)25(28)29/h5-12,14-15,18,20H,2-4,13,17H2,1H3,(H3,28,29)(H,31,32). The molecule has 0 aliphatic carbocycles. The number of hydrogen-bond donors (Lipinski definition) is 3. The van der Waals surface area contributed by atoms with E-state index in [1.807, 2.05) is 43.5 Å². The monoisotopic (exact) mass is 427 g/mol. The van der Waals surface area contributed by atoms with Crippen LogP contribution < -0.4 is 11.1 Å². The molecule has 0 fully saturated rings. The van der Waals surface area contributed by atoms with Crippen molar-refractivity contribution in [3.8, 4) is 6.07 Å². The molecule has 1 heterocycles. The van der Waals surface area contributed by atoms with Gasteiger partial charge in [0.2, 0.25) is 0 Å². The SMILES string of the molecule is CC(C#N)c1ccc(CCCC2C=C(C(=O)NCc3ccc(C(=N)N)cc3)N=CC2)cc1. The Bertz CT molecular complexity index is 1050. The number of benzene rings is 2. The number of carbonyl (C=O) groups excluding carboxylic acids is 1. The zero-order valence-corrected chi connectivity index (χ0v) is 18.3. The van der Waals surface area contributed by atoms with Gasteiger partial charge in [-0.2, -0.15) is 5.26 Å². The average Bonchev–Trinajstić information content (AvgIpc) is 2.83. The molecule has 2 aromatic carbocycles. The van der Waals surface area contributed by atoms with Crippen LogP contribution in [0.5, 0.6) is 0 Å². The average molecular weight is 428 g/mol. The first-order chi connectivity index (χ1) is 15.5. The summed E-state index contributed by atoms with van der Waals surface area (Å²) in [4.78, 5) is 16.8. The largest absolute Gasteiger partial charge is 0.384 e. The number of nitrogens with two attached hydrogens (primary N) is 1. The molecule has 0 radical (unpaired) electrons. The van der Waals surface area contributed by atoms with Crippen molar-refractivity contribution in [2.75, 3.05) is 0 Å². The lowest BCUT2D eigenvalue weighted by atomic mass is 9.94. The summed E-state index contributed by atoms with van der Waals surface area (Å²) in [6.45, 7) is 2.30. The quantitative estimate of drug-likeness (QED) is 0.411. The number of nitriles is 1. The van der Waals surface area contributed by atoms with Crippen molar-refractivity contribution >= 4 is 18.0 Å². The summed E-state index contributed by atoms with van der Waals surface area (Å²) in [7, 11) is 0. The molecule has 2 aromatic rings. The van der Waals surface area contributed by atoms with Gasteiger partial charge in [-0.3, -0.25) is 15.2 Å². The van der Waals surface area contributed by atoms with Crippen LogP contribution in [0.15, 0.2) is 65.3 Å². The van der Waals surface area contributed by atoms with E-state index < -0.39 is 0 Å². The first-order valence-electron chi connectivity index (χ1n) is 10.9. The highest BCUT2D eigenvalue weighted by Gasteiger charge is 2.16. The minimum absolute atomic E-state index is 0.0268. The molecule has 1 aliphatic rings. The number of rotatable bonds is 9. The van der Waals surface area contributed by atoms with Crippen LogP contribution in [-0.4, -0.2) is 18.0 Å². The van der Waals surface area contributed by atoms with Crippen molar-refractivity contribution in [2.24, 2.45) is 16.6 Å². The van der Waals surface area contributed by atoms with Crippen molar-refractivity contribution < 1.29 is 4.79 Å².